The third-order valence-electron chi connectivity index (χ3n) is 3.80. The quantitative estimate of drug-likeness (QED) is 0.510. The van der Waals surface area contributed by atoms with E-state index in [9.17, 15) is 9.59 Å². The Balaban J connectivity index is 1.42. The number of nitrogens with one attached hydrogen (secondary N) is 2. The van der Waals surface area contributed by atoms with Gasteiger partial charge in [0.1, 0.15) is 5.75 Å². The van der Waals surface area contributed by atoms with Crippen molar-refractivity contribution >= 4 is 28.3 Å². The number of aromatic nitrogens is 2. The summed E-state index contributed by atoms with van der Waals surface area (Å²) < 4.78 is 5.58. The lowest BCUT2D eigenvalue weighted by Crippen LogP contribution is -2.12. The van der Waals surface area contributed by atoms with Gasteiger partial charge >= 0.3 is 0 Å². The van der Waals surface area contributed by atoms with Crippen molar-refractivity contribution in [1.29, 1.82) is 0 Å². The van der Waals surface area contributed by atoms with Crippen molar-refractivity contribution in [2.24, 2.45) is 0 Å². The molecule has 0 aliphatic heterocycles. The molecule has 0 spiro atoms. The van der Waals surface area contributed by atoms with Crippen LogP contribution < -0.4 is 10.1 Å². The molecule has 3 aromatic rings. The van der Waals surface area contributed by atoms with Crippen molar-refractivity contribution in [3.63, 3.8) is 0 Å². The zero-order valence-corrected chi connectivity index (χ0v) is 13.9. The highest BCUT2D eigenvalue weighted by Gasteiger charge is 2.05. The second-order valence-electron chi connectivity index (χ2n) is 5.75. The van der Waals surface area contributed by atoms with Crippen LogP contribution in [0.5, 0.6) is 5.75 Å². The van der Waals surface area contributed by atoms with Gasteiger partial charge in [-0.2, -0.15) is 5.10 Å². The van der Waals surface area contributed by atoms with Crippen LogP contribution in [0.4, 0.5) is 5.69 Å². The molecule has 0 saturated heterocycles. The number of amides is 1. The molecule has 0 bridgehead atoms. The third-order valence-corrected chi connectivity index (χ3v) is 3.80. The number of anilines is 1. The molecule has 3 rings (SSSR count). The molecule has 0 radical (unpaired) electrons. The first-order chi connectivity index (χ1) is 12.1. The van der Waals surface area contributed by atoms with Crippen LogP contribution in [-0.4, -0.2) is 28.5 Å². The summed E-state index contributed by atoms with van der Waals surface area (Å²) in [5.74, 6) is 0.658. The standard InChI is InChI=1S/C19H19N3O3/c1-13(23)14-4-7-17(8-5-14)25-10-2-3-19(24)21-16-6-9-18-15(11-16)12-20-22-18/h4-9,11-12H,2-3,10H2,1H3,(H,20,22)(H,21,24). The van der Waals surface area contributed by atoms with Gasteiger partial charge in [0, 0.05) is 23.1 Å². The van der Waals surface area contributed by atoms with Crippen molar-refractivity contribution in [3.05, 3.63) is 54.2 Å². The Morgan fingerprint density at radius 2 is 1.96 bits per heavy atom. The molecule has 1 heterocycles. The second kappa shape index (κ2) is 7.61. The van der Waals surface area contributed by atoms with Crippen LogP contribution in [0.2, 0.25) is 0 Å². The Morgan fingerprint density at radius 1 is 1.16 bits per heavy atom. The Bertz CT molecular complexity index is 884. The van der Waals surface area contributed by atoms with Gasteiger partial charge in [-0.1, -0.05) is 0 Å². The molecule has 0 fully saturated rings. The van der Waals surface area contributed by atoms with Crippen LogP contribution in [0.25, 0.3) is 10.9 Å². The summed E-state index contributed by atoms with van der Waals surface area (Å²) in [4.78, 5) is 23.2. The van der Waals surface area contributed by atoms with Gasteiger partial charge in [-0.3, -0.25) is 14.7 Å². The maximum absolute atomic E-state index is 12.0. The van der Waals surface area contributed by atoms with E-state index in [1.165, 1.54) is 6.92 Å². The minimum absolute atomic E-state index is 0.0248. The molecular weight excluding hydrogens is 318 g/mol. The number of hydrogen-bond donors (Lipinski definition) is 2. The SMILES string of the molecule is CC(=O)c1ccc(OCCCC(=O)Nc2ccc3[nH]ncc3c2)cc1. The Labute approximate surface area is 145 Å². The Kier molecular flexibility index (Phi) is 5.09. The minimum Gasteiger partial charge on any atom is -0.494 e. The van der Waals surface area contributed by atoms with Crippen LogP contribution >= 0.6 is 0 Å². The summed E-state index contributed by atoms with van der Waals surface area (Å²) >= 11 is 0. The molecule has 6 nitrogen and oxygen atoms in total. The van der Waals surface area contributed by atoms with E-state index in [1.54, 1.807) is 30.5 Å². The largest absolute Gasteiger partial charge is 0.494 e. The molecule has 0 aliphatic rings. The summed E-state index contributed by atoms with van der Waals surface area (Å²) in [6, 6.07) is 12.6. The first-order valence-corrected chi connectivity index (χ1v) is 8.08. The molecular formula is C19H19N3O3. The fraction of sp³-hybridized carbons (Fsp3) is 0.211. The van der Waals surface area contributed by atoms with Gasteiger partial charge in [0.15, 0.2) is 5.78 Å². The molecule has 2 N–H and O–H groups in total. The number of Topliss-reactive ketones (excluding diaryl/α,β-unsaturated/α-hetero) is 1. The highest BCUT2D eigenvalue weighted by molar-refractivity contribution is 5.94. The molecule has 6 heteroatoms. The van der Waals surface area contributed by atoms with E-state index < -0.39 is 0 Å². The molecule has 0 unspecified atom stereocenters. The van der Waals surface area contributed by atoms with Crippen LogP contribution in [0.15, 0.2) is 48.7 Å². The summed E-state index contributed by atoms with van der Waals surface area (Å²) in [5, 5.41) is 10.6. The van der Waals surface area contributed by atoms with E-state index >= 15 is 0 Å². The number of benzene rings is 2. The summed E-state index contributed by atoms with van der Waals surface area (Å²) in [5.41, 5.74) is 2.34. The molecule has 25 heavy (non-hydrogen) atoms. The monoisotopic (exact) mass is 337 g/mol. The third kappa shape index (κ3) is 4.44. The van der Waals surface area contributed by atoms with Crippen molar-refractivity contribution in [1.82, 2.24) is 10.2 Å². The van der Waals surface area contributed by atoms with Gasteiger partial charge in [0.25, 0.3) is 0 Å². The van der Waals surface area contributed by atoms with E-state index in [-0.39, 0.29) is 11.7 Å². The summed E-state index contributed by atoms with van der Waals surface area (Å²) in [6.07, 6.45) is 2.69. The van der Waals surface area contributed by atoms with Crippen LogP contribution in [-0.2, 0) is 4.79 Å². The van der Waals surface area contributed by atoms with E-state index in [0.29, 0.717) is 30.8 Å². The predicted octanol–water partition coefficient (Wildman–Crippen LogP) is 3.56. The molecule has 0 atom stereocenters. The number of ether oxygens (including phenoxy) is 1. The lowest BCUT2D eigenvalue weighted by molar-refractivity contribution is -0.116. The van der Waals surface area contributed by atoms with Crippen molar-refractivity contribution < 1.29 is 14.3 Å². The first kappa shape index (κ1) is 16.7. The number of hydrogen-bond acceptors (Lipinski definition) is 4. The fourth-order valence-electron chi connectivity index (χ4n) is 2.45. The molecule has 128 valence electrons. The Morgan fingerprint density at radius 3 is 2.72 bits per heavy atom. The Hall–Kier alpha value is -3.15. The number of aromatic amines is 1. The van der Waals surface area contributed by atoms with E-state index in [4.69, 9.17) is 4.74 Å². The zero-order valence-electron chi connectivity index (χ0n) is 13.9. The van der Waals surface area contributed by atoms with Gasteiger partial charge in [-0.25, -0.2) is 0 Å². The minimum atomic E-state index is -0.0571. The van der Waals surface area contributed by atoms with Gasteiger partial charge in [-0.15, -0.1) is 0 Å². The number of carbonyl (C=O) groups excluding carboxylic acids is 2. The van der Waals surface area contributed by atoms with Crippen LogP contribution in [0.3, 0.4) is 0 Å². The fourth-order valence-corrected chi connectivity index (χ4v) is 2.45. The molecule has 0 saturated carbocycles. The zero-order chi connectivity index (χ0) is 17.6. The number of ketones is 1. The van der Waals surface area contributed by atoms with E-state index in [1.807, 2.05) is 18.2 Å². The number of H-pyrrole nitrogens is 1. The van der Waals surface area contributed by atoms with Gasteiger partial charge in [0.05, 0.1) is 18.3 Å². The van der Waals surface area contributed by atoms with E-state index in [2.05, 4.69) is 15.5 Å². The van der Waals surface area contributed by atoms with Crippen molar-refractivity contribution in [3.8, 4) is 5.75 Å². The first-order valence-electron chi connectivity index (χ1n) is 8.08. The smallest absolute Gasteiger partial charge is 0.224 e. The summed E-state index contributed by atoms with van der Waals surface area (Å²) in [6.45, 7) is 1.96. The highest BCUT2D eigenvalue weighted by Crippen LogP contribution is 2.17. The van der Waals surface area contributed by atoms with E-state index in [0.717, 1.165) is 16.6 Å². The highest BCUT2D eigenvalue weighted by atomic mass is 16.5. The van der Waals surface area contributed by atoms with Crippen LogP contribution in [0.1, 0.15) is 30.1 Å². The lowest BCUT2D eigenvalue weighted by Gasteiger charge is -2.07. The average Bonchev–Trinajstić information content (AvgIpc) is 3.07. The van der Waals surface area contributed by atoms with Gasteiger partial charge < -0.3 is 10.1 Å². The number of carbonyl (C=O) groups is 2. The van der Waals surface area contributed by atoms with Gasteiger partial charge in [0.2, 0.25) is 5.91 Å². The number of fused-ring (bicyclic) bond motifs is 1. The topological polar surface area (TPSA) is 84.1 Å². The average molecular weight is 337 g/mol. The van der Waals surface area contributed by atoms with Gasteiger partial charge in [-0.05, 0) is 55.8 Å². The van der Waals surface area contributed by atoms with Crippen molar-refractivity contribution in [2.75, 3.05) is 11.9 Å². The number of rotatable bonds is 7. The van der Waals surface area contributed by atoms with Crippen molar-refractivity contribution in [2.45, 2.75) is 19.8 Å². The molecule has 1 aromatic heterocycles. The maximum Gasteiger partial charge on any atom is 0.224 e. The molecule has 0 aliphatic carbocycles. The predicted molar refractivity (Wildman–Crippen MR) is 95.9 cm³/mol. The maximum atomic E-state index is 12.0. The van der Waals surface area contributed by atoms with Crippen LogP contribution in [0, 0.1) is 0 Å². The number of nitrogens with zero attached hydrogens (tertiary/aromatic N) is 1. The molecule has 1 amide bonds. The summed E-state index contributed by atoms with van der Waals surface area (Å²) in [7, 11) is 0. The second-order valence-corrected chi connectivity index (χ2v) is 5.75. The molecule has 2 aromatic carbocycles. The lowest BCUT2D eigenvalue weighted by atomic mass is 10.1. The normalized spacial score (nSPS) is 10.6.